The van der Waals surface area contributed by atoms with Crippen molar-refractivity contribution in [2.75, 3.05) is 27.3 Å². The van der Waals surface area contributed by atoms with Gasteiger partial charge in [-0.2, -0.15) is 0 Å². The van der Waals surface area contributed by atoms with Crippen molar-refractivity contribution >= 4 is 28.7 Å². The zero-order valence-corrected chi connectivity index (χ0v) is 11.3. The second kappa shape index (κ2) is 6.35. The van der Waals surface area contributed by atoms with Crippen molar-refractivity contribution in [3.8, 4) is 0 Å². The van der Waals surface area contributed by atoms with E-state index in [4.69, 9.17) is 16.3 Å². The van der Waals surface area contributed by atoms with Crippen molar-refractivity contribution in [3.05, 3.63) is 21.3 Å². The molecule has 90 valence electrons. The standard InChI is InChI=1S/C11H16ClNO2S/c1-8(7-15-3)13(2)6-9(14)10-4-5-11(12)16-10/h4-5,8H,6-7H2,1-3H3. The van der Waals surface area contributed by atoms with Crippen molar-refractivity contribution in [3.63, 3.8) is 0 Å². The molecule has 0 spiro atoms. The van der Waals surface area contributed by atoms with Crippen molar-refractivity contribution in [2.24, 2.45) is 0 Å². The van der Waals surface area contributed by atoms with Gasteiger partial charge in [0.25, 0.3) is 0 Å². The zero-order chi connectivity index (χ0) is 12.1. The second-order valence-corrected chi connectivity index (χ2v) is 5.46. The van der Waals surface area contributed by atoms with Gasteiger partial charge in [0.2, 0.25) is 0 Å². The third-order valence-electron chi connectivity index (χ3n) is 2.40. The molecular weight excluding hydrogens is 246 g/mol. The largest absolute Gasteiger partial charge is 0.383 e. The highest BCUT2D eigenvalue weighted by Gasteiger charge is 2.15. The van der Waals surface area contributed by atoms with Crippen molar-refractivity contribution < 1.29 is 9.53 Å². The van der Waals surface area contributed by atoms with Crippen LogP contribution in [-0.2, 0) is 4.74 Å². The minimum atomic E-state index is 0.0994. The van der Waals surface area contributed by atoms with Gasteiger partial charge in [-0.25, -0.2) is 0 Å². The van der Waals surface area contributed by atoms with E-state index in [0.717, 1.165) is 0 Å². The number of carbonyl (C=O) groups excluding carboxylic acids is 1. The van der Waals surface area contributed by atoms with E-state index in [-0.39, 0.29) is 11.8 Å². The fourth-order valence-corrected chi connectivity index (χ4v) is 2.27. The number of thiophene rings is 1. The lowest BCUT2D eigenvalue weighted by atomic mass is 10.2. The summed E-state index contributed by atoms with van der Waals surface area (Å²) < 4.78 is 5.69. The summed E-state index contributed by atoms with van der Waals surface area (Å²) in [5.41, 5.74) is 0. The third kappa shape index (κ3) is 3.87. The van der Waals surface area contributed by atoms with Crippen LogP contribution in [-0.4, -0.2) is 44.0 Å². The first-order valence-electron chi connectivity index (χ1n) is 5.02. The number of ketones is 1. The molecule has 1 aromatic heterocycles. The third-order valence-corrected chi connectivity index (χ3v) is 3.67. The van der Waals surface area contributed by atoms with Gasteiger partial charge in [-0.15, -0.1) is 11.3 Å². The molecule has 0 N–H and O–H groups in total. The molecule has 1 rings (SSSR count). The molecule has 0 aliphatic carbocycles. The first-order valence-corrected chi connectivity index (χ1v) is 6.21. The van der Waals surface area contributed by atoms with Gasteiger partial charge in [0, 0.05) is 13.2 Å². The predicted octanol–water partition coefficient (Wildman–Crippen LogP) is 2.55. The Morgan fingerprint density at radius 1 is 1.62 bits per heavy atom. The van der Waals surface area contributed by atoms with E-state index >= 15 is 0 Å². The van der Waals surface area contributed by atoms with Gasteiger partial charge in [-0.05, 0) is 26.1 Å². The van der Waals surface area contributed by atoms with Crippen LogP contribution < -0.4 is 0 Å². The summed E-state index contributed by atoms with van der Waals surface area (Å²) in [7, 11) is 3.57. The Kier molecular flexibility index (Phi) is 5.41. The topological polar surface area (TPSA) is 29.5 Å². The SMILES string of the molecule is COCC(C)N(C)CC(=O)c1ccc(Cl)s1. The summed E-state index contributed by atoms with van der Waals surface area (Å²) in [6.07, 6.45) is 0. The van der Waals surface area contributed by atoms with Crippen molar-refractivity contribution in [1.29, 1.82) is 0 Å². The molecule has 0 fully saturated rings. The van der Waals surface area contributed by atoms with Gasteiger partial charge in [0.15, 0.2) is 5.78 Å². The number of rotatable bonds is 6. The summed E-state index contributed by atoms with van der Waals surface area (Å²) in [5, 5.41) is 0. The van der Waals surface area contributed by atoms with E-state index in [1.807, 2.05) is 18.9 Å². The fraction of sp³-hybridized carbons (Fsp3) is 0.545. The Labute approximate surface area is 105 Å². The first kappa shape index (κ1) is 13.6. The smallest absolute Gasteiger partial charge is 0.186 e. The molecule has 0 aliphatic rings. The van der Waals surface area contributed by atoms with E-state index in [1.54, 1.807) is 19.2 Å². The predicted molar refractivity (Wildman–Crippen MR) is 67.6 cm³/mol. The monoisotopic (exact) mass is 261 g/mol. The van der Waals surface area contributed by atoms with Gasteiger partial charge < -0.3 is 4.74 Å². The highest BCUT2D eigenvalue weighted by atomic mass is 35.5. The average Bonchev–Trinajstić information content (AvgIpc) is 2.65. The quantitative estimate of drug-likeness (QED) is 0.737. The zero-order valence-electron chi connectivity index (χ0n) is 9.70. The van der Waals surface area contributed by atoms with Crippen LogP contribution in [0.15, 0.2) is 12.1 Å². The summed E-state index contributed by atoms with van der Waals surface area (Å²) >= 11 is 7.11. The number of carbonyl (C=O) groups is 1. The van der Waals surface area contributed by atoms with E-state index in [1.165, 1.54) is 11.3 Å². The van der Waals surface area contributed by atoms with Crippen LogP contribution in [0.3, 0.4) is 0 Å². The summed E-state index contributed by atoms with van der Waals surface area (Å²) in [6, 6.07) is 3.74. The maximum absolute atomic E-state index is 11.8. The van der Waals surface area contributed by atoms with E-state index in [2.05, 4.69) is 0 Å². The molecule has 0 aliphatic heterocycles. The lowest BCUT2D eigenvalue weighted by Gasteiger charge is -2.22. The van der Waals surface area contributed by atoms with Crippen LogP contribution in [0.5, 0.6) is 0 Å². The Morgan fingerprint density at radius 3 is 2.81 bits per heavy atom. The highest BCUT2D eigenvalue weighted by Crippen LogP contribution is 2.21. The van der Waals surface area contributed by atoms with Crippen LogP contribution >= 0.6 is 22.9 Å². The maximum atomic E-state index is 11.8. The maximum Gasteiger partial charge on any atom is 0.186 e. The van der Waals surface area contributed by atoms with E-state index < -0.39 is 0 Å². The number of ether oxygens (including phenoxy) is 1. The number of likely N-dealkylation sites (N-methyl/N-ethyl adjacent to an activating group) is 1. The average molecular weight is 262 g/mol. The molecule has 16 heavy (non-hydrogen) atoms. The van der Waals surface area contributed by atoms with Gasteiger partial charge in [0.1, 0.15) is 0 Å². The lowest BCUT2D eigenvalue weighted by Crippen LogP contribution is -2.36. The van der Waals surface area contributed by atoms with Gasteiger partial charge in [0.05, 0.1) is 22.4 Å². The molecule has 5 heteroatoms. The molecule has 0 bridgehead atoms. The molecule has 0 saturated carbocycles. The van der Waals surface area contributed by atoms with Crippen LogP contribution in [0.2, 0.25) is 4.34 Å². The number of nitrogens with zero attached hydrogens (tertiary/aromatic N) is 1. The van der Waals surface area contributed by atoms with Gasteiger partial charge >= 0.3 is 0 Å². The first-order chi connectivity index (χ1) is 7.54. The number of Topliss-reactive ketones (excluding diaryl/α,β-unsaturated/α-hetero) is 1. The van der Waals surface area contributed by atoms with E-state index in [9.17, 15) is 4.79 Å². The molecule has 3 nitrogen and oxygen atoms in total. The number of hydrogen-bond acceptors (Lipinski definition) is 4. The molecule has 0 amide bonds. The Balaban J connectivity index is 2.51. The Hall–Kier alpha value is -0.420. The minimum Gasteiger partial charge on any atom is -0.383 e. The second-order valence-electron chi connectivity index (χ2n) is 3.75. The Bertz CT molecular complexity index is 354. The van der Waals surface area contributed by atoms with Crippen molar-refractivity contribution in [1.82, 2.24) is 4.90 Å². The molecule has 1 aromatic rings. The van der Waals surface area contributed by atoms with E-state index in [0.29, 0.717) is 22.4 Å². The summed E-state index contributed by atoms with van der Waals surface area (Å²) in [5.74, 6) is 0.0994. The number of hydrogen-bond donors (Lipinski definition) is 0. The summed E-state index contributed by atoms with van der Waals surface area (Å²) in [4.78, 5) is 14.5. The molecule has 1 atom stereocenters. The van der Waals surface area contributed by atoms with Crippen molar-refractivity contribution in [2.45, 2.75) is 13.0 Å². The normalized spacial score (nSPS) is 13.1. The van der Waals surface area contributed by atoms with Crippen LogP contribution in [0.25, 0.3) is 0 Å². The molecular formula is C11H16ClNO2S. The van der Waals surface area contributed by atoms with Gasteiger partial charge in [-0.1, -0.05) is 11.6 Å². The molecule has 1 unspecified atom stereocenters. The number of methoxy groups -OCH3 is 1. The van der Waals surface area contributed by atoms with Gasteiger partial charge in [-0.3, -0.25) is 9.69 Å². The minimum absolute atomic E-state index is 0.0994. The summed E-state index contributed by atoms with van der Waals surface area (Å²) in [6.45, 7) is 3.04. The lowest BCUT2D eigenvalue weighted by molar-refractivity contribution is 0.0845. The molecule has 1 heterocycles. The highest BCUT2D eigenvalue weighted by molar-refractivity contribution is 7.18. The fourth-order valence-electron chi connectivity index (χ4n) is 1.29. The van der Waals surface area contributed by atoms with Crippen LogP contribution in [0.1, 0.15) is 16.6 Å². The van der Waals surface area contributed by atoms with Crippen LogP contribution in [0.4, 0.5) is 0 Å². The van der Waals surface area contributed by atoms with Crippen LogP contribution in [0, 0.1) is 0 Å². The number of halogens is 1. The molecule has 0 radical (unpaired) electrons. The Morgan fingerprint density at radius 2 is 2.31 bits per heavy atom. The molecule has 0 aromatic carbocycles. The molecule has 0 saturated heterocycles.